The van der Waals surface area contributed by atoms with Crippen molar-refractivity contribution < 1.29 is 9.53 Å². The number of halogens is 1. The van der Waals surface area contributed by atoms with Gasteiger partial charge in [-0.05, 0) is 69.2 Å². The molecule has 26 heavy (non-hydrogen) atoms. The van der Waals surface area contributed by atoms with Crippen molar-refractivity contribution in [3.05, 3.63) is 57.7 Å². The molecule has 3 rings (SSSR count). The predicted octanol–water partition coefficient (Wildman–Crippen LogP) is 5.69. The van der Waals surface area contributed by atoms with Gasteiger partial charge in [-0.2, -0.15) is 0 Å². The van der Waals surface area contributed by atoms with Crippen molar-refractivity contribution in [1.29, 1.82) is 0 Å². The highest BCUT2D eigenvalue weighted by molar-refractivity contribution is 9.10. The van der Waals surface area contributed by atoms with Crippen molar-refractivity contribution in [2.75, 3.05) is 11.9 Å². The van der Waals surface area contributed by atoms with Crippen LogP contribution in [-0.2, 0) is 6.54 Å². The molecule has 1 heterocycles. The number of anilines is 1. The van der Waals surface area contributed by atoms with Crippen LogP contribution in [0.3, 0.4) is 0 Å². The molecule has 0 saturated carbocycles. The van der Waals surface area contributed by atoms with Gasteiger partial charge in [-0.1, -0.05) is 22.0 Å². The van der Waals surface area contributed by atoms with Crippen LogP contribution in [0.15, 0.2) is 40.9 Å². The molecule has 1 amide bonds. The summed E-state index contributed by atoms with van der Waals surface area (Å²) in [4.78, 5) is 13.0. The highest BCUT2D eigenvalue weighted by Gasteiger charge is 2.20. The summed E-state index contributed by atoms with van der Waals surface area (Å²) in [5.41, 5.74) is 4.60. The van der Waals surface area contributed by atoms with Gasteiger partial charge in [0.15, 0.2) is 0 Å². The minimum Gasteiger partial charge on any atom is -0.494 e. The van der Waals surface area contributed by atoms with Crippen LogP contribution in [-0.4, -0.2) is 17.1 Å². The first-order valence-electron chi connectivity index (χ1n) is 8.79. The summed E-state index contributed by atoms with van der Waals surface area (Å²) in [6.07, 6.45) is 0. The second-order valence-corrected chi connectivity index (χ2v) is 7.10. The van der Waals surface area contributed by atoms with Crippen LogP contribution < -0.4 is 10.1 Å². The first-order chi connectivity index (χ1) is 12.5. The zero-order valence-electron chi connectivity index (χ0n) is 15.5. The Morgan fingerprint density at radius 1 is 1.15 bits per heavy atom. The molecule has 1 N–H and O–H groups in total. The Bertz CT molecular complexity index is 976. The number of aryl methyl sites for hydroxylation is 3. The average Bonchev–Trinajstić information content (AvgIpc) is 2.90. The Morgan fingerprint density at radius 2 is 1.92 bits per heavy atom. The molecule has 0 aliphatic rings. The number of carbonyl (C=O) groups excluding carboxylic acids is 1. The van der Waals surface area contributed by atoms with E-state index >= 15 is 0 Å². The van der Waals surface area contributed by atoms with Crippen LogP contribution in [0.2, 0.25) is 0 Å². The molecule has 3 aromatic rings. The largest absolute Gasteiger partial charge is 0.494 e. The van der Waals surface area contributed by atoms with Gasteiger partial charge in [-0.25, -0.2) is 0 Å². The number of nitrogens with zero attached hydrogens (tertiary/aromatic N) is 1. The van der Waals surface area contributed by atoms with E-state index in [0.717, 1.165) is 44.5 Å². The summed E-state index contributed by atoms with van der Waals surface area (Å²) in [5.74, 6) is 0.722. The van der Waals surface area contributed by atoms with E-state index in [1.54, 1.807) is 0 Å². The summed E-state index contributed by atoms with van der Waals surface area (Å²) < 4.78 is 8.65. The molecule has 0 bridgehead atoms. The quantitative estimate of drug-likeness (QED) is 0.582. The van der Waals surface area contributed by atoms with Crippen molar-refractivity contribution >= 4 is 38.4 Å². The van der Waals surface area contributed by atoms with E-state index in [4.69, 9.17) is 4.74 Å². The third kappa shape index (κ3) is 3.36. The molecule has 0 fully saturated rings. The van der Waals surface area contributed by atoms with Gasteiger partial charge in [0.1, 0.15) is 11.4 Å². The van der Waals surface area contributed by atoms with Crippen LogP contribution in [0.25, 0.3) is 10.9 Å². The number of hydrogen-bond donors (Lipinski definition) is 1. The van der Waals surface area contributed by atoms with Crippen LogP contribution in [0.5, 0.6) is 5.75 Å². The van der Waals surface area contributed by atoms with Crippen LogP contribution in [0.4, 0.5) is 5.69 Å². The van der Waals surface area contributed by atoms with E-state index in [-0.39, 0.29) is 5.91 Å². The lowest BCUT2D eigenvalue weighted by Crippen LogP contribution is -2.17. The van der Waals surface area contributed by atoms with Crippen LogP contribution in [0.1, 0.15) is 35.5 Å². The van der Waals surface area contributed by atoms with Gasteiger partial charge in [0.25, 0.3) is 5.91 Å². The number of fused-ring (bicyclic) bond motifs is 1. The fraction of sp³-hybridized carbons (Fsp3) is 0.286. The summed E-state index contributed by atoms with van der Waals surface area (Å²) in [6, 6.07) is 11.8. The lowest BCUT2D eigenvalue weighted by atomic mass is 10.1. The monoisotopic (exact) mass is 414 g/mol. The third-order valence-electron chi connectivity index (χ3n) is 4.56. The van der Waals surface area contributed by atoms with Gasteiger partial charge in [-0.15, -0.1) is 0 Å². The van der Waals surface area contributed by atoms with Crippen molar-refractivity contribution in [2.24, 2.45) is 0 Å². The molecule has 1 aromatic heterocycles. The summed E-state index contributed by atoms with van der Waals surface area (Å²) >= 11 is 3.52. The number of amides is 1. The highest BCUT2D eigenvalue weighted by Crippen LogP contribution is 2.30. The molecule has 4 nitrogen and oxygen atoms in total. The molecule has 0 spiro atoms. The first-order valence-corrected chi connectivity index (χ1v) is 9.58. The zero-order chi connectivity index (χ0) is 18.8. The van der Waals surface area contributed by atoms with E-state index in [2.05, 4.69) is 32.7 Å². The maximum Gasteiger partial charge on any atom is 0.272 e. The van der Waals surface area contributed by atoms with Crippen molar-refractivity contribution in [3.63, 3.8) is 0 Å². The van der Waals surface area contributed by atoms with E-state index in [1.165, 1.54) is 0 Å². The molecule has 0 aliphatic heterocycles. The van der Waals surface area contributed by atoms with Gasteiger partial charge in [0.2, 0.25) is 0 Å². The molecule has 5 heteroatoms. The smallest absolute Gasteiger partial charge is 0.272 e. The summed E-state index contributed by atoms with van der Waals surface area (Å²) in [6.45, 7) is 9.36. The fourth-order valence-corrected chi connectivity index (χ4v) is 3.62. The molecular formula is C21H23BrN2O2. The number of ether oxygens (including phenoxy) is 1. The highest BCUT2D eigenvalue weighted by atomic mass is 79.9. The van der Waals surface area contributed by atoms with Gasteiger partial charge >= 0.3 is 0 Å². The van der Waals surface area contributed by atoms with E-state index in [0.29, 0.717) is 12.3 Å². The maximum absolute atomic E-state index is 13.0. The van der Waals surface area contributed by atoms with E-state index in [1.807, 2.05) is 57.2 Å². The first kappa shape index (κ1) is 18.5. The zero-order valence-corrected chi connectivity index (χ0v) is 17.1. The Morgan fingerprint density at radius 3 is 2.58 bits per heavy atom. The summed E-state index contributed by atoms with van der Waals surface area (Å²) in [5, 5.41) is 4.07. The number of aromatic nitrogens is 1. The van der Waals surface area contributed by atoms with Crippen molar-refractivity contribution in [2.45, 2.75) is 34.2 Å². The van der Waals surface area contributed by atoms with Crippen LogP contribution in [0, 0.1) is 13.8 Å². The topological polar surface area (TPSA) is 43.3 Å². The minimum absolute atomic E-state index is 0.103. The van der Waals surface area contributed by atoms with E-state index < -0.39 is 0 Å². The molecule has 0 aliphatic carbocycles. The second kappa shape index (κ2) is 7.54. The molecule has 2 aromatic carbocycles. The Kier molecular flexibility index (Phi) is 5.37. The SMILES string of the molecule is CCOc1ccc2c(c1)c(C)c(C(=O)Nc1ccc(C)c(Br)c1)n2CC. The Balaban J connectivity index is 2.03. The minimum atomic E-state index is -0.103. The normalized spacial score (nSPS) is 11.0. The average molecular weight is 415 g/mol. The fourth-order valence-electron chi connectivity index (χ4n) is 3.24. The third-order valence-corrected chi connectivity index (χ3v) is 5.41. The number of rotatable bonds is 5. The van der Waals surface area contributed by atoms with Gasteiger partial charge < -0.3 is 14.6 Å². The summed E-state index contributed by atoms with van der Waals surface area (Å²) in [7, 11) is 0. The molecule has 0 unspecified atom stereocenters. The van der Waals surface area contributed by atoms with Crippen LogP contribution >= 0.6 is 15.9 Å². The van der Waals surface area contributed by atoms with Gasteiger partial charge in [0, 0.05) is 27.6 Å². The lowest BCUT2D eigenvalue weighted by molar-refractivity contribution is 0.101. The second-order valence-electron chi connectivity index (χ2n) is 6.25. The maximum atomic E-state index is 13.0. The number of carbonyl (C=O) groups is 1. The molecule has 0 radical (unpaired) electrons. The Labute approximate surface area is 162 Å². The van der Waals surface area contributed by atoms with Gasteiger partial charge in [-0.3, -0.25) is 4.79 Å². The number of benzene rings is 2. The van der Waals surface area contributed by atoms with Crippen molar-refractivity contribution in [3.8, 4) is 5.75 Å². The lowest BCUT2D eigenvalue weighted by Gasteiger charge is -2.11. The number of hydrogen-bond acceptors (Lipinski definition) is 2. The molecule has 0 saturated heterocycles. The van der Waals surface area contributed by atoms with E-state index in [9.17, 15) is 4.79 Å². The Hall–Kier alpha value is -2.27. The van der Waals surface area contributed by atoms with Gasteiger partial charge in [0.05, 0.1) is 6.61 Å². The standard InChI is InChI=1S/C21H23BrN2O2/c1-5-24-19-10-9-16(26-6-2)12-17(19)14(4)20(24)21(25)23-15-8-7-13(3)18(22)11-15/h7-12H,5-6H2,1-4H3,(H,23,25). The molecular weight excluding hydrogens is 392 g/mol. The van der Waals surface area contributed by atoms with Crippen molar-refractivity contribution in [1.82, 2.24) is 4.57 Å². The molecule has 136 valence electrons. The predicted molar refractivity (Wildman–Crippen MR) is 110 cm³/mol. The number of nitrogens with one attached hydrogen (secondary N) is 1. The molecule has 0 atom stereocenters.